The van der Waals surface area contributed by atoms with Crippen LogP contribution in [0, 0.1) is 5.92 Å². The van der Waals surface area contributed by atoms with E-state index in [1.54, 1.807) is 13.0 Å². The minimum atomic E-state index is -3.16. The highest BCUT2D eigenvalue weighted by molar-refractivity contribution is 7.89. The molecule has 0 radical (unpaired) electrons. The van der Waals surface area contributed by atoms with E-state index in [4.69, 9.17) is 34.8 Å². The summed E-state index contributed by atoms with van der Waals surface area (Å²) in [6.45, 7) is 2.92. The maximum absolute atomic E-state index is 11.7. The lowest BCUT2D eigenvalue weighted by Crippen LogP contribution is -2.39. The molecule has 29 heavy (non-hydrogen) atoms. The van der Waals surface area contributed by atoms with Crippen LogP contribution in [0.15, 0.2) is 42.5 Å². The van der Waals surface area contributed by atoms with Crippen LogP contribution in [-0.2, 0) is 10.0 Å². The summed E-state index contributed by atoms with van der Waals surface area (Å²) in [5.74, 6) is 0.485. The average Bonchev–Trinajstić information content (AvgIpc) is 2.69. The van der Waals surface area contributed by atoms with E-state index in [1.807, 2.05) is 36.4 Å². The minimum absolute atomic E-state index is 0.103. The number of rotatable bonds is 7. The van der Waals surface area contributed by atoms with Crippen LogP contribution in [0.3, 0.4) is 0 Å². The highest BCUT2D eigenvalue weighted by Crippen LogP contribution is 2.41. The molecule has 0 unspecified atom stereocenters. The number of halogens is 3. The van der Waals surface area contributed by atoms with Gasteiger partial charge in [0.2, 0.25) is 10.0 Å². The van der Waals surface area contributed by atoms with E-state index in [2.05, 4.69) is 9.62 Å². The molecule has 1 aliphatic heterocycles. The summed E-state index contributed by atoms with van der Waals surface area (Å²) in [7, 11) is -3.16. The van der Waals surface area contributed by atoms with Gasteiger partial charge in [-0.05, 0) is 74.1 Å². The van der Waals surface area contributed by atoms with Gasteiger partial charge in [0.1, 0.15) is 0 Å². The summed E-state index contributed by atoms with van der Waals surface area (Å²) in [5, 5.41) is 1.97. The number of hydrogen-bond acceptors (Lipinski definition) is 3. The molecule has 0 aliphatic carbocycles. The van der Waals surface area contributed by atoms with Crippen molar-refractivity contribution in [1.82, 2.24) is 4.72 Å². The number of sulfonamides is 1. The van der Waals surface area contributed by atoms with Gasteiger partial charge in [0.05, 0.1) is 11.8 Å². The molecular formula is C21H25Cl3N2O2S. The topological polar surface area (TPSA) is 49.4 Å². The van der Waals surface area contributed by atoms with E-state index in [0.717, 1.165) is 37.1 Å². The number of anilines is 1. The Kier molecular flexibility index (Phi) is 7.74. The maximum atomic E-state index is 11.7. The molecule has 2 atom stereocenters. The van der Waals surface area contributed by atoms with Crippen LogP contribution >= 0.6 is 34.8 Å². The first-order valence-corrected chi connectivity index (χ1v) is 12.5. The minimum Gasteiger partial charge on any atom is -0.364 e. The Morgan fingerprint density at radius 2 is 1.72 bits per heavy atom. The van der Waals surface area contributed by atoms with E-state index >= 15 is 0 Å². The summed E-state index contributed by atoms with van der Waals surface area (Å²) in [6.07, 6.45) is 2.72. The molecule has 8 heteroatoms. The zero-order chi connectivity index (χ0) is 21.0. The molecule has 1 fully saturated rings. The van der Waals surface area contributed by atoms with E-state index in [-0.39, 0.29) is 11.8 Å². The molecule has 1 aliphatic rings. The quantitative estimate of drug-likeness (QED) is 0.539. The molecule has 0 saturated carbocycles. The first-order chi connectivity index (χ1) is 13.8. The van der Waals surface area contributed by atoms with Gasteiger partial charge in [-0.15, -0.1) is 0 Å². The molecule has 0 aromatic heterocycles. The third kappa shape index (κ3) is 6.02. The highest BCUT2D eigenvalue weighted by atomic mass is 35.5. The lowest BCUT2D eigenvalue weighted by molar-refractivity contribution is 0.343. The Hall–Kier alpha value is -0.980. The number of nitrogens with zero attached hydrogens (tertiary/aromatic N) is 1. The Balaban J connectivity index is 1.80. The molecule has 1 saturated heterocycles. The van der Waals surface area contributed by atoms with Crippen molar-refractivity contribution in [3.05, 3.63) is 63.1 Å². The average molecular weight is 476 g/mol. The van der Waals surface area contributed by atoms with Crippen molar-refractivity contribution < 1.29 is 8.42 Å². The van der Waals surface area contributed by atoms with Crippen molar-refractivity contribution in [2.24, 2.45) is 5.92 Å². The SMILES string of the molecule is CCS(=O)(=O)NCC[C@@H]1CC[C@@H](c2ccc(Cl)cc2Cl)N(c2ccc(Cl)cc2)C1. The van der Waals surface area contributed by atoms with Gasteiger partial charge in [0.25, 0.3) is 0 Å². The van der Waals surface area contributed by atoms with Crippen molar-refractivity contribution in [1.29, 1.82) is 0 Å². The molecule has 1 heterocycles. The fraction of sp³-hybridized carbons (Fsp3) is 0.429. The number of piperidine rings is 1. The van der Waals surface area contributed by atoms with Crippen LogP contribution in [0.2, 0.25) is 15.1 Å². The van der Waals surface area contributed by atoms with Crippen LogP contribution in [0.5, 0.6) is 0 Å². The molecule has 3 rings (SSSR count). The first-order valence-electron chi connectivity index (χ1n) is 9.73. The smallest absolute Gasteiger partial charge is 0.211 e. The lowest BCUT2D eigenvalue weighted by Gasteiger charge is -2.42. The predicted molar refractivity (Wildman–Crippen MR) is 123 cm³/mol. The molecule has 1 N–H and O–H groups in total. The predicted octanol–water partition coefficient (Wildman–Crippen LogP) is 5.93. The Morgan fingerprint density at radius 3 is 2.38 bits per heavy atom. The van der Waals surface area contributed by atoms with Crippen molar-refractivity contribution >= 4 is 50.5 Å². The normalized spacial score (nSPS) is 20.1. The van der Waals surface area contributed by atoms with E-state index in [1.165, 1.54) is 0 Å². The largest absolute Gasteiger partial charge is 0.364 e. The molecular weight excluding hydrogens is 451 g/mol. The van der Waals surface area contributed by atoms with Crippen molar-refractivity contribution in [2.45, 2.75) is 32.2 Å². The summed E-state index contributed by atoms with van der Waals surface area (Å²) in [5.41, 5.74) is 2.13. The van der Waals surface area contributed by atoms with Gasteiger partial charge in [0, 0.05) is 33.8 Å². The molecule has 0 bridgehead atoms. The fourth-order valence-corrected chi connectivity index (χ4v) is 5.11. The van der Waals surface area contributed by atoms with Crippen molar-refractivity contribution in [3.8, 4) is 0 Å². The number of benzene rings is 2. The molecule has 2 aromatic rings. The van der Waals surface area contributed by atoms with Gasteiger partial charge in [-0.1, -0.05) is 40.9 Å². The van der Waals surface area contributed by atoms with E-state index in [0.29, 0.717) is 27.5 Å². The number of hydrogen-bond donors (Lipinski definition) is 1. The van der Waals surface area contributed by atoms with Crippen molar-refractivity contribution in [2.75, 3.05) is 23.7 Å². The summed E-state index contributed by atoms with van der Waals surface area (Å²) in [4.78, 5) is 2.34. The van der Waals surface area contributed by atoms with Crippen LogP contribution in [-0.4, -0.2) is 27.3 Å². The highest BCUT2D eigenvalue weighted by Gasteiger charge is 2.31. The van der Waals surface area contributed by atoms with Gasteiger partial charge >= 0.3 is 0 Å². The summed E-state index contributed by atoms with van der Waals surface area (Å²) < 4.78 is 26.1. The van der Waals surface area contributed by atoms with Gasteiger partial charge in [-0.25, -0.2) is 13.1 Å². The van der Waals surface area contributed by atoms with Gasteiger partial charge in [-0.3, -0.25) is 0 Å². The Morgan fingerprint density at radius 1 is 1.03 bits per heavy atom. The van der Waals surface area contributed by atoms with E-state index in [9.17, 15) is 8.42 Å². The second kappa shape index (κ2) is 9.88. The first kappa shape index (κ1) is 22.7. The molecule has 2 aromatic carbocycles. The maximum Gasteiger partial charge on any atom is 0.211 e. The number of nitrogens with one attached hydrogen (secondary N) is 1. The van der Waals surface area contributed by atoms with Gasteiger partial charge in [-0.2, -0.15) is 0 Å². The lowest BCUT2D eigenvalue weighted by atomic mass is 9.86. The molecule has 0 spiro atoms. The van der Waals surface area contributed by atoms with E-state index < -0.39 is 10.0 Å². The monoisotopic (exact) mass is 474 g/mol. The van der Waals surface area contributed by atoms with Gasteiger partial charge < -0.3 is 4.90 Å². The zero-order valence-electron chi connectivity index (χ0n) is 16.2. The zero-order valence-corrected chi connectivity index (χ0v) is 19.3. The molecule has 0 amide bonds. The Labute approximate surface area is 188 Å². The third-order valence-corrected chi connectivity index (χ3v) is 7.63. The Bertz CT molecular complexity index is 935. The van der Waals surface area contributed by atoms with Gasteiger partial charge in [0.15, 0.2) is 0 Å². The van der Waals surface area contributed by atoms with Crippen LogP contribution in [0.25, 0.3) is 0 Å². The van der Waals surface area contributed by atoms with Crippen LogP contribution < -0.4 is 9.62 Å². The van der Waals surface area contributed by atoms with Crippen molar-refractivity contribution in [3.63, 3.8) is 0 Å². The molecule has 4 nitrogen and oxygen atoms in total. The summed E-state index contributed by atoms with van der Waals surface area (Å²) in [6, 6.07) is 13.6. The fourth-order valence-electron chi connectivity index (χ4n) is 3.82. The second-order valence-electron chi connectivity index (χ2n) is 7.34. The standard InChI is InChI=1S/C21H25Cl3N2O2S/c1-2-29(27,28)25-12-11-15-3-10-21(19-9-6-17(23)13-20(19)24)26(14-15)18-7-4-16(22)5-8-18/h4-9,13,15,21,25H,2-3,10-12,14H2,1H3/t15-,21-/m0/s1. The van der Waals surface area contributed by atoms with Crippen LogP contribution in [0.1, 0.15) is 37.8 Å². The second-order valence-corrected chi connectivity index (χ2v) is 10.7. The van der Waals surface area contributed by atoms with Crippen LogP contribution in [0.4, 0.5) is 5.69 Å². The third-order valence-electron chi connectivity index (χ3n) is 5.41. The molecule has 158 valence electrons. The summed E-state index contributed by atoms with van der Waals surface area (Å²) >= 11 is 18.7.